The van der Waals surface area contributed by atoms with Crippen molar-refractivity contribution >= 4 is 12.0 Å². The molecule has 0 N–H and O–H groups in total. The lowest BCUT2D eigenvalue weighted by atomic mass is 10.1. The average Bonchev–Trinajstić information content (AvgIpc) is 2.39. The predicted octanol–water partition coefficient (Wildman–Crippen LogP) is 3.84. The Hall–Kier alpha value is -2.18. The van der Waals surface area contributed by atoms with Gasteiger partial charge in [-0.05, 0) is 29.8 Å². The van der Waals surface area contributed by atoms with Crippen molar-refractivity contribution in [2.24, 2.45) is 0 Å². The minimum Gasteiger partial charge on any atom is -0.448 e. The first-order valence-electron chi connectivity index (χ1n) is 5.81. The first-order valence-corrected chi connectivity index (χ1v) is 5.81. The van der Waals surface area contributed by atoms with Gasteiger partial charge in [-0.25, -0.2) is 4.79 Å². The number of alkyl halides is 5. The number of carbonyl (C=O) groups is 1. The highest BCUT2D eigenvalue weighted by Crippen LogP contribution is 2.30. The first kappa shape index (κ1) is 15.2. The molecule has 0 aliphatic carbocycles. The molecule has 0 saturated heterocycles. The van der Waals surface area contributed by atoms with Gasteiger partial charge in [0.1, 0.15) is 0 Å². The van der Waals surface area contributed by atoms with Crippen LogP contribution in [-0.2, 0) is 15.7 Å². The molecule has 2 nitrogen and oxygen atoms in total. The highest BCUT2D eigenvalue weighted by Gasteiger charge is 2.41. The summed E-state index contributed by atoms with van der Waals surface area (Å²) >= 11 is 0. The third-order valence-corrected chi connectivity index (χ3v) is 2.77. The van der Waals surface area contributed by atoms with Crippen LogP contribution in [0.5, 0.6) is 0 Å². The van der Waals surface area contributed by atoms with Gasteiger partial charge in [0.25, 0.3) is 0 Å². The quantitative estimate of drug-likeness (QED) is 0.613. The average molecular weight is 304 g/mol. The predicted molar refractivity (Wildman–Crippen MR) is 64.4 cm³/mol. The second-order valence-electron chi connectivity index (χ2n) is 4.34. The van der Waals surface area contributed by atoms with Crippen molar-refractivity contribution in [3.63, 3.8) is 0 Å². The Balaban J connectivity index is 2.14. The van der Waals surface area contributed by atoms with Crippen molar-refractivity contribution in [3.05, 3.63) is 53.6 Å². The largest absolute Gasteiger partial charge is 0.448 e. The van der Waals surface area contributed by atoms with Gasteiger partial charge in [-0.2, -0.15) is 22.0 Å². The van der Waals surface area contributed by atoms with Crippen LogP contribution in [0.2, 0.25) is 0 Å². The number of esters is 1. The van der Waals surface area contributed by atoms with Crippen LogP contribution < -0.4 is 0 Å². The molecule has 1 aromatic carbocycles. The highest BCUT2D eigenvalue weighted by molar-refractivity contribution is 5.83. The van der Waals surface area contributed by atoms with Crippen molar-refractivity contribution in [3.8, 4) is 0 Å². The molecule has 0 radical (unpaired) electrons. The van der Waals surface area contributed by atoms with Crippen molar-refractivity contribution in [1.82, 2.24) is 0 Å². The molecule has 1 aliphatic heterocycles. The number of halogens is 5. The maximum atomic E-state index is 13.4. The van der Waals surface area contributed by atoms with Gasteiger partial charge >= 0.3 is 18.1 Å². The molecule has 1 atom stereocenters. The lowest BCUT2D eigenvalue weighted by Gasteiger charge is -2.24. The molecule has 0 fully saturated rings. The third kappa shape index (κ3) is 3.68. The minimum absolute atomic E-state index is 0.282. The lowest BCUT2D eigenvalue weighted by Crippen LogP contribution is -2.37. The summed E-state index contributed by atoms with van der Waals surface area (Å²) in [5.74, 6) is -4.25. The van der Waals surface area contributed by atoms with Crippen molar-refractivity contribution in [2.45, 2.75) is 18.2 Å². The van der Waals surface area contributed by atoms with E-state index in [4.69, 9.17) is 0 Å². The Kier molecular flexibility index (Phi) is 3.85. The van der Waals surface area contributed by atoms with E-state index < -0.39 is 29.7 Å². The SMILES string of the molecule is O=C1C=CC(F)(F)[C@H](/C=C/c2ccc(C(F)(F)F)cc2)O1. The minimum atomic E-state index is -4.46. The van der Waals surface area contributed by atoms with Crippen LogP contribution in [0.4, 0.5) is 22.0 Å². The molecule has 0 saturated carbocycles. The Morgan fingerprint density at radius 1 is 1.14 bits per heavy atom. The first-order chi connectivity index (χ1) is 9.68. The van der Waals surface area contributed by atoms with Gasteiger partial charge in [-0.1, -0.05) is 18.2 Å². The van der Waals surface area contributed by atoms with E-state index in [0.717, 1.165) is 30.3 Å². The van der Waals surface area contributed by atoms with Crippen LogP contribution in [0.1, 0.15) is 11.1 Å². The summed E-state index contributed by atoms with van der Waals surface area (Å²) in [6, 6.07) is 3.95. The Bertz CT molecular complexity index is 584. The van der Waals surface area contributed by atoms with Crippen LogP contribution in [0.3, 0.4) is 0 Å². The Morgan fingerprint density at radius 2 is 1.76 bits per heavy atom. The molecule has 0 bridgehead atoms. The standard InChI is InChI=1S/C14H9F5O2/c15-13(16)8-7-12(20)21-11(13)6-3-9-1-4-10(5-2-9)14(17,18)19/h1-8,11H/b6-3+/t11-/m0/s1. The zero-order valence-electron chi connectivity index (χ0n) is 10.4. The molecule has 1 aromatic rings. The number of carbonyl (C=O) groups excluding carboxylic acids is 1. The lowest BCUT2D eigenvalue weighted by molar-refractivity contribution is -0.157. The Morgan fingerprint density at radius 3 is 2.33 bits per heavy atom. The van der Waals surface area contributed by atoms with Gasteiger partial charge in [0.2, 0.25) is 0 Å². The van der Waals surface area contributed by atoms with Gasteiger partial charge in [-0.15, -0.1) is 0 Å². The zero-order chi connectivity index (χ0) is 15.7. The van der Waals surface area contributed by atoms with Gasteiger partial charge in [-0.3, -0.25) is 0 Å². The normalized spacial score (nSPS) is 21.6. The van der Waals surface area contributed by atoms with E-state index in [9.17, 15) is 26.7 Å². The van der Waals surface area contributed by atoms with Crippen LogP contribution in [-0.4, -0.2) is 18.0 Å². The fourth-order valence-corrected chi connectivity index (χ4v) is 1.67. The van der Waals surface area contributed by atoms with Crippen LogP contribution in [0.15, 0.2) is 42.5 Å². The number of hydrogen-bond acceptors (Lipinski definition) is 2. The summed E-state index contributed by atoms with van der Waals surface area (Å²) in [4.78, 5) is 10.9. The van der Waals surface area contributed by atoms with Gasteiger partial charge in [0, 0.05) is 6.08 Å². The van der Waals surface area contributed by atoms with Gasteiger partial charge in [0.15, 0.2) is 6.10 Å². The number of cyclic esters (lactones) is 1. The van der Waals surface area contributed by atoms with Crippen LogP contribution in [0, 0.1) is 0 Å². The van der Waals surface area contributed by atoms with Gasteiger partial charge < -0.3 is 4.74 Å². The van der Waals surface area contributed by atoms with Gasteiger partial charge in [0.05, 0.1) is 5.56 Å². The molecule has 7 heteroatoms. The maximum absolute atomic E-state index is 13.4. The monoisotopic (exact) mass is 304 g/mol. The molecule has 0 unspecified atom stereocenters. The number of ether oxygens (including phenoxy) is 1. The second kappa shape index (κ2) is 5.31. The van der Waals surface area contributed by atoms with Crippen LogP contribution in [0.25, 0.3) is 6.08 Å². The van der Waals surface area contributed by atoms with E-state index in [0.29, 0.717) is 12.2 Å². The van der Waals surface area contributed by atoms with E-state index in [1.54, 1.807) is 0 Å². The number of hydrogen-bond donors (Lipinski definition) is 0. The third-order valence-electron chi connectivity index (χ3n) is 2.77. The van der Waals surface area contributed by atoms with E-state index in [-0.39, 0.29) is 5.56 Å². The fraction of sp³-hybridized carbons (Fsp3) is 0.214. The summed E-state index contributed by atoms with van der Waals surface area (Å²) in [7, 11) is 0. The summed E-state index contributed by atoms with van der Waals surface area (Å²) in [5.41, 5.74) is -0.554. The molecule has 0 amide bonds. The van der Waals surface area contributed by atoms with Crippen LogP contribution >= 0.6 is 0 Å². The Labute approximate surface area is 116 Å². The molecule has 0 aromatic heterocycles. The molecular weight excluding hydrogens is 295 g/mol. The fourth-order valence-electron chi connectivity index (χ4n) is 1.67. The van der Waals surface area contributed by atoms with Crippen molar-refractivity contribution < 1.29 is 31.5 Å². The molecular formula is C14H9F5O2. The smallest absolute Gasteiger partial charge is 0.416 e. The van der Waals surface area contributed by atoms with E-state index in [1.807, 2.05) is 0 Å². The summed E-state index contributed by atoms with van der Waals surface area (Å²) in [6.07, 6.45) is -3.07. The topological polar surface area (TPSA) is 26.3 Å². The van der Waals surface area contributed by atoms with Crippen molar-refractivity contribution in [2.75, 3.05) is 0 Å². The van der Waals surface area contributed by atoms with Crippen molar-refractivity contribution in [1.29, 1.82) is 0 Å². The van der Waals surface area contributed by atoms with E-state index in [1.165, 1.54) is 6.08 Å². The van der Waals surface area contributed by atoms with E-state index in [2.05, 4.69) is 4.74 Å². The molecule has 0 spiro atoms. The molecule has 21 heavy (non-hydrogen) atoms. The highest BCUT2D eigenvalue weighted by atomic mass is 19.4. The number of rotatable bonds is 2. The van der Waals surface area contributed by atoms with E-state index >= 15 is 0 Å². The molecule has 2 rings (SSSR count). The number of benzene rings is 1. The molecule has 112 valence electrons. The molecule has 1 aliphatic rings. The summed E-state index contributed by atoms with van der Waals surface area (Å²) in [6.45, 7) is 0. The second-order valence-corrected chi connectivity index (χ2v) is 4.34. The molecule has 1 heterocycles. The maximum Gasteiger partial charge on any atom is 0.416 e. The summed E-state index contributed by atoms with van der Waals surface area (Å²) < 4.78 is 68.3. The zero-order valence-corrected chi connectivity index (χ0v) is 10.4. The summed E-state index contributed by atoms with van der Waals surface area (Å²) in [5, 5.41) is 0.